The van der Waals surface area contributed by atoms with Crippen molar-refractivity contribution in [1.82, 2.24) is 15.0 Å². The van der Waals surface area contributed by atoms with Crippen LogP contribution in [0.2, 0.25) is 0 Å². The summed E-state index contributed by atoms with van der Waals surface area (Å²) in [6.07, 6.45) is -4.39. The second kappa shape index (κ2) is 8.65. The van der Waals surface area contributed by atoms with E-state index >= 15 is 0 Å². The molecule has 10 heteroatoms. The van der Waals surface area contributed by atoms with Gasteiger partial charge in [0.15, 0.2) is 0 Å². The third-order valence-corrected chi connectivity index (χ3v) is 3.15. The Balaban J connectivity index is 2.14. The summed E-state index contributed by atoms with van der Waals surface area (Å²) in [5, 5.41) is 17.7. The van der Waals surface area contributed by atoms with Gasteiger partial charge < -0.3 is 21.1 Å². The molecule has 0 saturated heterocycles. The lowest BCUT2D eigenvalue weighted by Gasteiger charge is -2.13. The Kier molecular flexibility index (Phi) is 6.56. The Morgan fingerprint density at radius 3 is 2.31 bits per heavy atom. The number of nitrogens with zero attached hydrogens (tertiary/aromatic N) is 3. The zero-order valence-corrected chi connectivity index (χ0v) is 14.4. The van der Waals surface area contributed by atoms with Crippen molar-refractivity contribution in [2.75, 3.05) is 29.1 Å². The molecule has 0 bridgehead atoms. The number of nitrogens with one attached hydrogen (secondary N) is 3. The predicted molar refractivity (Wildman–Crippen MR) is 92.9 cm³/mol. The Morgan fingerprint density at radius 1 is 1.04 bits per heavy atom. The molecule has 1 aromatic carbocycles. The Labute approximate surface area is 149 Å². The predicted octanol–water partition coefficient (Wildman–Crippen LogP) is 2.73. The third kappa shape index (κ3) is 6.03. The summed E-state index contributed by atoms with van der Waals surface area (Å²) < 4.78 is 38.4. The third-order valence-electron chi connectivity index (χ3n) is 3.15. The molecule has 1 heterocycles. The molecule has 4 N–H and O–H groups in total. The number of hydrogen-bond donors (Lipinski definition) is 4. The van der Waals surface area contributed by atoms with Gasteiger partial charge >= 0.3 is 6.18 Å². The van der Waals surface area contributed by atoms with Crippen molar-refractivity contribution in [2.45, 2.75) is 32.6 Å². The summed E-state index contributed by atoms with van der Waals surface area (Å²) in [5.74, 6) is 0.784. The van der Waals surface area contributed by atoms with Crippen molar-refractivity contribution in [3.05, 3.63) is 35.4 Å². The van der Waals surface area contributed by atoms with Crippen molar-refractivity contribution in [3.8, 4) is 0 Å². The van der Waals surface area contributed by atoms with Crippen LogP contribution in [0.1, 0.15) is 25.0 Å². The number of aliphatic hydroxyl groups excluding tert-OH is 1. The molecule has 7 nitrogen and oxygen atoms in total. The maximum absolute atomic E-state index is 12.8. The van der Waals surface area contributed by atoms with Crippen molar-refractivity contribution in [1.29, 1.82) is 0 Å². The van der Waals surface area contributed by atoms with Crippen LogP contribution >= 0.6 is 0 Å². The topological polar surface area (TPSA) is 95.0 Å². The first-order valence-electron chi connectivity index (χ1n) is 8.05. The number of aliphatic hydroxyl groups is 1. The van der Waals surface area contributed by atoms with Crippen LogP contribution in [0.3, 0.4) is 0 Å². The van der Waals surface area contributed by atoms with Gasteiger partial charge in [-0.15, -0.1) is 0 Å². The minimum atomic E-state index is -4.39. The molecule has 26 heavy (non-hydrogen) atoms. The molecular weight excluding hydrogens is 349 g/mol. The number of aromatic nitrogens is 3. The normalized spacial score (nSPS) is 11.5. The van der Waals surface area contributed by atoms with Gasteiger partial charge in [-0.1, -0.05) is 12.1 Å². The second-order valence-electron chi connectivity index (χ2n) is 5.81. The fourth-order valence-electron chi connectivity index (χ4n) is 2.06. The summed E-state index contributed by atoms with van der Waals surface area (Å²) in [7, 11) is 0. The van der Waals surface area contributed by atoms with Crippen LogP contribution in [0, 0.1) is 0 Å². The van der Waals surface area contributed by atoms with Gasteiger partial charge in [0, 0.05) is 19.1 Å². The highest BCUT2D eigenvalue weighted by Crippen LogP contribution is 2.29. The zero-order chi connectivity index (χ0) is 19.2. The molecule has 0 amide bonds. The number of hydrogen-bond acceptors (Lipinski definition) is 7. The molecule has 2 rings (SSSR count). The lowest BCUT2D eigenvalue weighted by molar-refractivity contribution is -0.137. The average molecular weight is 370 g/mol. The van der Waals surface area contributed by atoms with Crippen molar-refractivity contribution in [2.24, 2.45) is 0 Å². The second-order valence-corrected chi connectivity index (χ2v) is 5.81. The van der Waals surface area contributed by atoms with E-state index in [9.17, 15) is 13.2 Å². The van der Waals surface area contributed by atoms with E-state index in [2.05, 4.69) is 30.9 Å². The van der Waals surface area contributed by atoms with Gasteiger partial charge in [0.2, 0.25) is 17.8 Å². The van der Waals surface area contributed by atoms with Gasteiger partial charge in [0.25, 0.3) is 0 Å². The monoisotopic (exact) mass is 370 g/mol. The standard InChI is InChI=1S/C16H21F3N6O/c1-10(2)22-15-24-13(20-6-7-26)23-14(25-15)21-9-11-4-3-5-12(8-11)16(17,18)19/h3-5,8,10,26H,6-7,9H2,1-2H3,(H3,20,21,22,23,24,25). The van der Waals surface area contributed by atoms with Crippen molar-refractivity contribution in [3.63, 3.8) is 0 Å². The van der Waals surface area contributed by atoms with Crippen LogP contribution in [0.15, 0.2) is 24.3 Å². The summed E-state index contributed by atoms with van der Waals surface area (Å²) in [4.78, 5) is 12.5. The van der Waals surface area contributed by atoms with Crippen molar-refractivity contribution >= 4 is 17.8 Å². The van der Waals surface area contributed by atoms with Crippen LogP contribution in [0.25, 0.3) is 0 Å². The quantitative estimate of drug-likeness (QED) is 0.567. The van der Waals surface area contributed by atoms with E-state index in [0.29, 0.717) is 11.5 Å². The van der Waals surface area contributed by atoms with E-state index in [4.69, 9.17) is 5.11 Å². The highest BCUT2D eigenvalue weighted by Gasteiger charge is 2.30. The van der Waals surface area contributed by atoms with Gasteiger partial charge in [-0.05, 0) is 31.5 Å². The minimum absolute atomic E-state index is 0.0828. The average Bonchev–Trinajstić information content (AvgIpc) is 2.57. The largest absolute Gasteiger partial charge is 0.416 e. The lowest BCUT2D eigenvalue weighted by Crippen LogP contribution is -2.17. The molecule has 0 unspecified atom stereocenters. The van der Waals surface area contributed by atoms with Crippen molar-refractivity contribution < 1.29 is 18.3 Å². The lowest BCUT2D eigenvalue weighted by atomic mass is 10.1. The molecular formula is C16H21F3N6O. The molecule has 142 valence electrons. The molecule has 1 aromatic heterocycles. The van der Waals surface area contributed by atoms with Crippen LogP contribution in [0.4, 0.5) is 31.0 Å². The summed E-state index contributed by atoms with van der Waals surface area (Å²) in [6.45, 7) is 4.12. The summed E-state index contributed by atoms with van der Waals surface area (Å²) >= 11 is 0. The first-order valence-corrected chi connectivity index (χ1v) is 8.05. The minimum Gasteiger partial charge on any atom is -0.395 e. The van der Waals surface area contributed by atoms with Crippen LogP contribution in [-0.2, 0) is 12.7 Å². The molecule has 0 atom stereocenters. The van der Waals surface area contributed by atoms with Gasteiger partial charge in [-0.3, -0.25) is 0 Å². The molecule has 0 spiro atoms. The zero-order valence-electron chi connectivity index (χ0n) is 14.4. The SMILES string of the molecule is CC(C)Nc1nc(NCCO)nc(NCc2cccc(C(F)(F)F)c2)n1. The summed E-state index contributed by atoms with van der Waals surface area (Å²) in [6, 6.07) is 5.12. The first kappa shape index (κ1) is 19.7. The number of rotatable bonds is 8. The smallest absolute Gasteiger partial charge is 0.395 e. The highest BCUT2D eigenvalue weighted by molar-refractivity contribution is 5.43. The van der Waals surface area contributed by atoms with E-state index in [1.165, 1.54) is 6.07 Å². The number of anilines is 3. The van der Waals surface area contributed by atoms with Gasteiger partial charge in [-0.2, -0.15) is 28.1 Å². The Bertz CT molecular complexity index is 723. The highest BCUT2D eigenvalue weighted by atomic mass is 19.4. The van der Waals surface area contributed by atoms with E-state index in [1.54, 1.807) is 6.07 Å². The maximum atomic E-state index is 12.8. The number of halogens is 3. The molecule has 0 radical (unpaired) electrons. The molecule has 0 aliphatic rings. The van der Waals surface area contributed by atoms with Gasteiger partial charge in [-0.25, -0.2) is 0 Å². The Morgan fingerprint density at radius 2 is 1.69 bits per heavy atom. The fraction of sp³-hybridized carbons (Fsp3) is 0.438. The van der Waals surface area contributed by atoms with Crippen LogP contribution in [-0.4, -0.2) is 39.3 Å². The van der Waals surface area contributed by atoms with E-state index in [-0.39, 0.29) is 37.6 Å². The van der Waals surface area contributed by atoms with E-state index in [0.717, 1.165) is 12.1 Å². The molecule has 0 aliphatic carbocycles. The van der Waals surface area contributed by atoms with Gasteiger partial charge in [0.05, 0.1) is 12.2 Å². The maximum Gasteiger partial charge on any atom is 0.416 e. The number of alkyl halides is 3. The van der Waals surface area contributed by atoms with E-state index < -0.39 is 11.7 Å². The van der Waals surface area contributed by atoms with Gasteiger partial charge in [0.1, 0.15) is 0 Å². The summed E-state index contributed by atoms with van der Waals surface area (Å²) in [5.41, 5.74) is -0.261. The molecule has 0 aliphatic heterocycles. The molecule has 0 fully saturated rings. The van der Waals surface area contributed by atoms with E-state index in [1.807, 2.05) is 13.8 Å². The van der Waals surface area contributed by atoms with Crippen LogP contribution < -0.4 is 16.0 Å². The van der Waals surface area contributed by atoms with Crippen LogP contribution in [0.5, 0.6) is 0 Å². The Hall–Kier alpha value is -2.62. The fourth-order valence-corrected chi connectivity index (χ4v) is 2.06. The molecule has 2 aromatic rings. The first-order chi connectivity index (χ1) is 12.3. The molecule has 0 saturated carbocycles. The number of benzene rings is 1.